The summed E-state index contributed by atoms with van der Waals surface area (Å²) in [7, 11) is 32.9. The summed E-state index contributed by atoms with van der Waals surface area (Å²) in [4.78, 5) is 0. The van der Waals surface area contributed by atoms with Gasteiger partial charge in [0.1, 0.15) is 0 Å². The minimum absolute atomic E-state index is 0.119. The normalized spacial score (nSPS) is 19.4. The van der Waals surface area contributed by atoms with Crippen molar-refractivity contribution in [2.24, 2.45) is 0 Å². The van der Waals surface area contributed by atoms with Gasteiger partial charge in [-0.15, -0.1) is 0 Å². The van der Waals surface area contributed by atoms with Crippen LogP contribution in [-0.2, 0) is 109 Å². The second-order valence-corrected chi connectivity index (χ2v) is 66.4. The molecule has 8 aliphatic carbocycles. The SMILES string of the molecule is CC1=Cc2c(cc3c(c2-c2ccc(C(C)(C)C)cc2)CCC3)[CH]1[Zr]([Cl])([Cl])[CH]1C(C)=Cc2c1cc1c(c2-c2ccc(C(C)(C)C)cc2)CCC1.CC1=Cc2c(cc3c(c2-c2ccc(C(C)(C)C)cc2)CCC3)[CH]1[Zr]([Cl])([Cl])[CH]1C(C)=Cc2c1cc1c(c2-c2ccc(C(C)(C)C)cc2)CCC1.C[SiH2]C. The third-order valence-electron chi connectivity index (χ3n) is 24.1. The number of hydrogen-bond donors (Lipinski definition) is 0. The Hall–Kier alpha value is -4.14. The zero-order valence-electron chi connectivity index (χ0n) is 63.9. The molecule has 8 aromatic carbocycles. The number of aryl methyl sites for hydroxylation is 4. The second kappa shape index (κ2) is 27.6. The molecule has 0 fully saturated rings. The molecule has 8 aliphatic rings. The van der Waals surface area contributed by atoms with Crippen molar-refractivity contribution >= 4 is 67.9 Å². The molecule has 0 nitrogen and oxygen atoms in total. The van der Waals surface area contributed by atoms with Crippen LogP contribution in [0.25, 0.3) is 68.8 Å². The van der Waals surface area contributed by atoms with Gasteiger partial charge >= 0.3 is 618 Å². The molecule has 0 bridgehead atoms. The van der Waals surface area contributed by atoms with Crippen molar-refractivity contribution in [3.8, 4) is 44.5 Å². The maximum Gasteiger partial charge on any atom is 0.0135 e. The van der Waals surface area contributed by atoms with E-state index in [2.05, 4.69) is 270 Å². The first kappa shape index (κ1) is 73.7. The molecule has 4 unspecified atom stereocenters. The van der Waals surface area contributed by atoms with E-state index < -0.39 is 35.8 Å². The Labute approximate surface area is 633 Å². The number of benzene rings is 8. The zero-order chi connectivity index (χ0) is 71.9. The molecule has 0 spiro atoms. The van der Waals surface area contributed by atoms with Gasteiger partial charge in [0, 0.05) is 9.52 Å². The Bertz CT molecular complexity index is 4150. The minimum atomic E-state index is -4.06. The second-order valence-electron chi connectivity index (χ2n) is 35.6. The Morgan fingerprint density at radius 3 is 0.644 bits per heavy atom. The molecule has 7 heteroatoms. The van der Waals surface area contributed by atoms with Crippen molar-refractivity contribution in [3.63, 3.8) is 0 Å². The fraction of sp³-hybridized carbons (Fsp3) is 0.404. The summed E-state index contributed by atoms with van der Waals surface area (Å²) in [5.74, 6) is 0. The number of halogens is 4. The third kappa shape index (κ3) is 13.3. The van der Waals surface area contributed by atoms with Crippen LogP contribution in [-0.4, -0.2) is 9.52 Å². The molecule has 0 aromatic heterocycles. The van der Waals surface area contributed by atoms with E-state index in [9.17, 15) is 0 Å². The van der Waals surface area contributed by atoms with E-state index in [1.54, 1.807) is 0 Å². The predicted octanol–water partition coefficient (Wildman–Crippen LogP) is 27.6. The van der Waals surface area contributed by atoms with Crippen LogP contribution in [0.1, 0.15) is 262 Å². The molecule has 0 saturated carbocycles. The summed E-state index contributed by atoms with van der Waals surface area (Å²) in [6, 6.07) is 47.7. The molecule has 101 heavy (non-hydrogen) atoms. The van der Waals surface area contributed by atoms with Crippen LogP contribution >= 0.6 is 34.1 Å². The van der Waals surface area contributed by atoms with Crippen molar-refractivity contribution in [1.82, 2.24) is 0 Å². The van der Waals surface area contributed by atoms with Crippen LogP contribution in [0.5, 0.6) is 0 Å². The monoisotopic (exact) mass is 1580 g/mol. The molecule has 0 amide bonds. The van der Waals surface area contributed by atoms with Gasteiger partial charge in [0.2, 0.25) is 0 Å². The molecule has 0 N–H and O–H groups in total. The van der Waals surface area contributed by atoms with Crippen molar-refractivity contribution in [2.45, 2.75) is 237 Å². The summed E-state index contributed by atoms with van der Waals surface area (Å²) >= 11 is -8.12. The summed E-state index contributed by atoms with van der Waals surface area (Å²) < 4.78 is 0.475. The quantitative estimate of drug-likeness (QED) is 0.133. The predicted molar refractivity (Wildman–Crippen MR) is 440 cm³/mol. The van der Waals surface area contributed by atoms with Gasteiger partial charge in [-0.05, 0) is 0 Å². The molecular formula is C94H108Cl4SiZr2. The number of hydrogen-bond acceptors (Lipinski definition) is 0. The van der Waals surface area contributed by atoms with Crippen LogP contribution in [0.2, 0.25) is 13.1 Å². The van der Waals surface area contributed by atoms with Crippen molar-refractivity contribution in [3.05, 3.63) is 255 Å². The third-order valence-corrected chi connectivity index (χ3v) is 49.6. The van der Waals surface area contributed by atoms with E-state index in [1.807, 2.05) is 0 Å². The topological polar surface area (TPSA) is 0 Å². The zero-order valence-corrected chi connectivity index (χ0v) is 73.2. The summed E-state index contributed by atoms with van der Waals surface area (Å²) in [6.45, 7) is 41.3. The average molecular weight is 1590 g/mol. The van der Waals surface area contributed by atoms with E-state index in [-0.39, 0.29) is 36.2 Å². The molecule has 4 atom stereocenters. The Morgan fingerprint density at radius 2 is 0.475 bits per heavy atom. The number of rotatable bonds is 8. The van der Waals surface area contributed by atoms with Gasteiger partial charge in [-0.1, -0.05) is 13.1 Å². The Balaban J connectivity index is 0.000000165. The molecule has 0 aliphatic heterocycles. The first-order chi connectivity index (χ1) is 47.7. The van der Waals surface area contributed by atoms with E-state index >= 15 is 0 Å². The Kier molecular flexibility index (Phi) is 20.1. The smallest absolute Gasteiger partial charge is 0.0135 e. The van der Waals surface area contributed by atoms with Gasteiger partial charge in [0.15, 0.2) is 0 Å². The van der Waals surface area contributed by atoms with E-state index in [4.69, 9.17) is 34.1 Å². The van der Waals surface area contributed by atoms with Gasteiger partial charge < -0.3 is 0 Å². The molecule has 16 rings (SSSR count). The summed E-state index contributed by atoms with van der Waals surface area (Å²) in [6.07, 6.45) is 23.9. The molecular weight excluding hydrogens is 1480 g/mol. The summed E-state index contributed by atoms with van der Waals surface area (Å²) in [5, 5.41) is 0. The van der Waals surface area contributed by atoms with Crippen LogP contribution in [0.15, 0.2) is 144 Å². The molecule has 0 radical (unpaired) electrons. The van der Waals surface area contributed by atoms with Crippen molar-refractivity contribution < 1.29 is 35.8 Å². The van der Waals surface area contributed by atoms with Crippen LogP contribution in [0, 0.1) is 0 Å². The van der Waals surface area contributed by atoms with Gasteiger partial charge in [-0.3, -0.25) is 0 Å². The molecule has 0 heterocycles. The largest absolute Gasteiger partial charge is 0.0750 e. The van der Waals surface area contributed by atoms with Crippen LogP contribution in [0.3, 0.4) is 0 Å². The maximum absolute atomic E-state index is 8.13. The molecule has 0 saturated heterocycles. The first-order valence-corrected chi connectivity index (χ1v) is 59.5. The molecule has 8 aromatic rings. The number of fused-ring (bicyclic) bond motifs is 8. The summed E-state index contributed by atoms with van der Waals surface area (Å²) in [5.41, 5.74) is 45.8. The minimum Gasteiger partial charge on any atom is -0.0750 e. The van der Waals surface area contributed by atoms with Crippen LogP contribution < -0.4 is 0 Å². The molecule has 524 valence electrons. The van der Waals surface area contributed by atoms with Gasteiger partial charge in [-0.2, -0.15) is 0 Å². The van der Waals surface area contributed by atoms with E-state index in [0.29, 0.717) is 9.52 Å². The fourth-order valence-electron chi connectivity index (χ4n) is 19.2. The standard InChI is InChI=1S/4C23H25.C2H8Si.4ClH.2Zr/c4*1-15-12-18-14-17-6-5-7-20(17)22(21(18)13-15)16-8-10-19(11-9-16)23(2,3)4;1-3-2;;;;;;/h4*8-14H,5-7H2,1-4H3;3H2,1-2H3;4*1H;;/q;;;;;;;;;2*+2/p-4. The van der Waals surface area contributed by atoms with Crippen LogP contribution in [0.4, 0.5) is 0 Å². The Morgan fingerprint density at radius 1 is 0.297 bits per heavy atom. The van der Waals surface area contributed by atoms with Gasteiger partial charge in [0.25, 0.3) is 0 Å². The van der Waals surface area contributed by atoms with Crippen molar-refractivity contribution in [1.29, 1.82) is 0 Å². The average Bonchev–Trinajstić information content (AvgIpc) is 1.56. The van der Waals surface area contributed by atoms with Crippen molar-refractivity contribution in [2.75, 3.05) is 0 Å². The van der Waals surface area contributed by atoms with E-state index in [1.165, 1.54) is 204 Å². The fourth-order valence-corrected chi connectivity index (χ4v) is 47.7. The van der Waals surface area contributed by atoms with Gasteiger partial charge in [-0.25, -0.2) is 0 Å². The van der Waals surface area contributed by atoms with Gasteiger partial charge in [0.05, 0.1) is 0 Å². The number of allylic oxidation sites excluding steroid dienone is 4. The maximum atomic E-state index is 8.13. The first-order valence-electron chi connectivity index (χ1n) is 38.4. The van der Waals surface area contributed by atoms with E-state index in [0.717, 1.165) is 51.4 Å².